The maximum atomic E-state index is 14.6. The zero-order chi connectivity index (χ0) is 20.7. The van der Waals surface area contributed by atoms with Gasteiger partial charge in [0.2, 0.25) is 11.8 Å². The molecule has 134 valence electrons. The standard InChI is InChI=1S/C13H18B6FN3O4/c14-5-3-4(8(21)6(15)7(5)20)13(18,19)23(9(3)25)12(17)10(26)22-2(24)1-11(12,16)27/h27H,1,14-19,21H2,(H,22,24,26). The lowest BCUT2D eigenvalue weighted by atomic mass is 9.48. The zero-order valence-electron chi connectivity index (χ0n) is 16.3. The van der Waals surface area contributed by atoms with Crippen LogP contribution in [0.5, 0.6) is 0 Å². The number of nitrogens with zero attached hydrogens (tertiary/aromatic N) is 1. The number of nitrogens with one attached hydrogen (secondary N) is 1. The molecule has 1 aromatic rings. The van der Waals surface area contributed by atoms with Crippen molar-refractivity contribution in [2.45, 2.75) is 22.7 Å². The molecule has 7 nitrogen and oxygen atoms in total. The van der Waals surface area contributed by atoms with Crippen LogP contribution in [-0.2, 0) is 14.9 Å². The van der Waals surface area contributed by atoms with Crippen LogP contribution in [-0.4, -0.2) is 85.7 Å². The molecular weight excluding hydrogens is 346 g/mol. The van der Waals surface area contributed by atoms with Crippen molar-refractivity contribution in [3.63, 3.8) is 0 Å². The average Bonchev–Trinajstić information content (AvgIpc) is 2.74. The van der Waals surface area contributed by atoms with E-state index in [1.807, 2.05) is 0 Å². The smallest absolute Gasteiger partial charge is 0.253 e. The van der Waals surface area contributed by atoms with Crippen LogP contribution in [0, 0.1) is 5.82 Å². The van der Waals surface area contributed by atoms with E-state index in [1.54, 1.807) is 15.7 Å². The molecular formula is C13H18B6FN3O4. The summed E-state index contributed by atoms with van der Waals surface area (Å²) in [5, 5.41) is 12.1. The van der Waals surface area contributed by atoms with Gasteiger partial charge in [-0.1, -0.05) is 0 Å². The minimum Gasteiger partial charge on any atom is -0.399 e. The highest BCUT2D eigenvalue weighted by Gasteiger charge is 2.64. The van der Waals surface area contributed by atoms with Crippen molar-refractivity contribution in [2.24, 2.45) is 0 Å². The van der Waals surface area contributed by atoms with E-state index >= 15 is 0 Å². The Balaban J connectivity index is 2.32. The molecule has 2 heterocycles. The highest BCUT2D eigenvalue weighted by atomic mass is 19.1. The summed E-state index contributed by atoms with van der Waals surface area (Å²) >= 11 is 0. The predicted molar refractivity (Wildman–Crippen MR) is 115 cm³/mol. The van der Waals surface area contributed by atoms with Crippen LogP contribution in [0.4, 0.5) is 10.1 Å². The number of imide groups is 1. The SMILES string of the molecule is Bc1c(N)c2c(c(B)c1F)C(=O)N(C1(B)C(=O)NC(=O)CC1(B)O)C2(B)B. The van der Waals surface area contributed by atoms with E-state index in [9.17, 15) is 23.9 Å². The number of fused-ring (bicyclic) bond motifs is 1. The van der Waals surface area contributed by atoms with E-state index in [1.165, 1.54) is 36.3 Å². The third-order valence-corrected chi connectivity index (χ3v) is 6.24. The van der Waals surface area contributed by atoms with Crippen molar-refractivity contribution in [3.05, 3.63) is 16.9 Å². The van der Waals surface area contributed by atoms with Crippen molar-refractivity contribution in [2.75, 3.05) is 5.73 Å². The average molecular weight is 364 g/mol. The summed E-state index contributed by atoms with van der Waals surface area (Å²) in [6.45, 7) is 0. The summed E-state index contributed by atoms with van der Waals surface area (Å²) in [7, 11) is 9.16. The molecule has 0 bridgehead atoms. The summed E-state index contributed by atoms with van der Waals surface area (Å²) in [6.07, 6.45) is -0.354. The van der Waals surface area contributed by atoms with Gasteiger partial charge in [0.25, 0.3) is 5.91 Å². The van der Waals surface area contributed by atoms with Crippen molar-refractivity contribution in [3.8, 4) is 0 Å². The first kappa shape index (κ1) is 19.7. The number of hydrogen-bond donors (Lipinski definition) is 3. The Hall–Kier alpha value is -2.09. The van der Waals surface area contributed by atoms with Crippen LogP contribution in [0.2, 0.25) is 0 Å². The number of aliphatic hydroxyl groups is 1. The van der Waals surface area contributed by atoms with Gasteiger partial charge >= 0.3 is 0 Å². The topological polar surface area (TPSA) is 113 Å². The van der Waals surface area contributed by atoms with Gasteiger partial charge in [0.1, 0.15) is 58.3 Å². The van der Waals surface area contributed by atoms with Crippen LogP contribution in [0.15, 0.2) is 0 Å². The first-order valence-electron chi connectivity index (χ1n) is 8.69. The van der Waals surface area contributed by atoms with Gasteiger partial charge in [-0.3, -0.25) is 19.7 Å². The van der Waals surface area contributed by atoms with Crippen molar-refractivity contribution in [1.29, 1.82) is 0 Å². The quantitative estimate of drug-likeness (QED) is 0.260. The molecule has 0 aromatic heterocycles. The maximum absolute atomic E-state index is 14.6. The lowest BCUT2D eigenvalue weighted by molar-refractivity contribution is -0.150. The summed E-state index contributed by atoms with van der Waals surface area (Å²) in [5.74, 6) is -2.59. The van der Waals surface area contributed by atoms with Crippen LogP contribution >= 0.6 is 0 Å². The largest absolute Gasteiger partial charge is 0.399 e. The van der Waals surface area contributed by atoms with Gasteiger partial charge in [-0.2, -0.15) is 0 Å². The van der Waals surface area contributed by atoms with Gasteiger partial charge in [-0.15, -0.1) is 0 Å². The molecule has 0 spiro atoms. The van der Waals surface area contributed by atoms with Crippen LogP contribution < -0.4 is 22.0 Å². The third-order valence-electron chi connectivity index (χ3n) is 6.24. The number of anilines is 1. The Morgan fingerprint density at radius 1 is 1.11 bits per heavy atom. The maximum Gasteiger partial charge on any atom is 0.253 e. The Morgan fingerprint density at radius 2 is 1.67 bits per heavy atom. The van der Waals surface area contributed by atoms with Gasteiger partial charge in [-0.25, -0.2) is 4.39 Å². The molecule has 0 saturated carbocycles. The number of benzene rings is 1. The molecule has 2 aliphatic heterocycles. The van der Waals surface area contributed by atoms with Crippen LogP contribution in [0.3, 0.4) is 0 Å². The molecule has 0 radical (unpaired) electrons. The zero-order valence-corrected chi connectivity index (χ0v) is 16.3. The van der Waals surface area contributed by atoms with E-state index in [0.29, 0.717) is 5.56 Å². The minimum absolute atomic E-state index is 0.0994. The lowest BCUT2D eigenvalue weighted by Crippen LogP contribution is -2.79. The van der Waals surface area contributed by atoms with Gasteiger partial charge < -0.3 is 15.7 Å². The van der Waals surface area contributed by atoms with E-state index in [2.05, 4.69) is 5.32 Å². The number of carbonyl (C=O) groups excluding carboxylic acids is 3. The molecule has 3 rings (SSSR count). The van der Waals surface area contributed by atoms with Crippen molar-refractivity contribution < 1.29 is 23.9 Å². The van der Waals surface area contributed by atoms with Crippen LogP contribution in [0.25, 0.3) is 0 Å². The summed E-state index contributed by atoms with van der Waals surface area (Å²) in [5.41, 5.74) is 3.62. The summed E-state index contributed by atoms with van der Waals surface area (Å²) < 4.78 is 14.6. The number of hydrogen-bond acceptors (Lipinski definition) is 5. The Labute approximate surface area is 161 Å². The van der Waals surface area contributed by atoms with E-state index in [-0.39, 0.29) is 28.6 Å². The van der Waals surface area contributed by atoms with Crippen molar-refractivity contribution in [1.82, 2.24) is 10.2 Å². The lowest BCUT2D eigenvalue weighted by Gasteiger charge is -2.54. The highest BCUT2D eigenvalue weighted by Crippen LogP contribution is 2.44. The van der Waals surface area contributed by atoms with Gasteiger partial charge in [-0.05, 0) is 16.5 Å². The fraction of sp³-hybridized carbons (Fsp3) is 0.308. The van der Waals surface area contributed by atoms with E-state index < -0.39 is 39.8 Å². The number of halogens is 1. The van der Waals surface area contributed by atoms with E-state index in [0.717, 1.165) is 0 Å². The number of piperidine rings is 1. The first-order valence-corrected chi connectivity index (χ1v) is 8.69. The number of amides is 3. The molecule has 1 fully saturated rings. The second-order valence-electron chi connectivity index (χ2n) is 8.33. The summed E-state index contributed by atoms with van der Waals surface area (Å²) in [4.78, 5) is 39.2. The first-order chi connectivity index (χ1) is 12.2. The molecule has 1 aromatic carbocycles. The van der Waals surface area contributed by atoms with E-state index in [4.69, 9.17) is 5.73 Å². The molecule has 2 unspecified atom stereocenters. The molecule has 14 heteroatoms. The number of rotatable bonds is 1. The predicted octanol–water partition coefficient (Wildman–Crippen LogP) is -8.55. The second kappa shape index (κ2) is 5.47. The van der Waals surface area contributed by atoms with Gasteiger partial charge in [0.15, 0.2) is 0 Å². The highest BCUT2D eigenvalue weighted by molar-refractivity contribution is 6.51. The second-order valence-corrected chi connectivity index (χ2v) is 8.33. The van der Waals surface area contributed by atoms with Gasteiger partial charge in [0, 0.05) is 23.0 Å². The van der Waals surface area contributed by atoms with Crippen molar-refractivity contribution >= 4 is 81.4 Å². The Kier molecular flexibility index (Phi) is 3.98. The monoisotopic (exact) mass is 365 g/mol. The molecule has 2 atom stereocenters. The molecule has 2 aliphatic rings. The molecule has 3 amide bonds. The number of carbonyl (C=O) groups is 3. The number of nitrogen functional groups attached to an aromatic ring is 1. The summed E-state index contributed by atoms with van der Waals surface area (Å²) in [6, 6.07) is 0. The molecule has 4 N–H and O–H groups in total. The molecule has 1 saturated heterocycles. The minimum atomic E-state index is -1.82. The van der Waals surface area contributed by atoms with Gasteiger partial charge in [0.05, 0.1) is 5.50 Å². The molecule has 27 heavy (non-hydrogen) atoms. The van der Waals surface area contributed by atoms with Crippen LogP contribution in [0.1, 0.15) is 22.3 Å². The molecule has 0 aliphatic carbocycles. The normalized spacial score (nSPS) is 29.6. The fourth-order valence-electron chi connectivity index (χ4n) is 4.53. The number of nitrogens with two attached hydrogens (primary N) is 1. The Bertz CT molecular complexity index is 939. The third kappa shape index (κ3) is 2.22. The fourth-order valence-corrected chi connectivity index (χ4v) is 4.53. The Morgan fingerprint density at radius 3 is 2.19 bits per heavy atom.